The molecule has 1 atom stereocenters. The van der Waals surface area contributed by atoms with Crippen LogP contribution in [0, 0.1) is 20.8 Å². The molecule has 2 aromatic carbocycles. The van der Waals surface area contributed by atoms with Crippen molar-refractivity contribution in [2.75, 3.05) is 24.2 Å². The lowest BCUT2D eigenvalue weighted by Crippen LogP contribution is -2.48. The molecular formula is C26H37N3O4S. The average molecular weight is 488 g/mol. The van der Waals surface area contributed by atoms with Gasteiger partial charge in [-0.2, -0.15) is 0 Å². The van der Waals surface area contributed by atoms with Gasteiger partial charge in [-0.05, 0) is 56.4 Å². The maximum absolute atomic E-state index is 13.3. The summed E-state index contributed by atoms with van der Waals surface area (Å²) < 4.78 is 26.4. The van der Waals surface area contributed by atoms with E-state index in [-0.39, 0.29) is 24.8 Å². The number of benzene rings is 2. The Balaban J connectivity index is 2.21. The van der Waals surface area contributed by atoms with E-state index in [0.717, 1.165) is 22.3 Å². The molecule has 0 aliphatic rings. The summed E-state index contributed by atoms with van der Waals surface area (Å²) in [6, 6.07) is 12.8. The summed E-state index contributed by atoms with van der Waals surface area (Å²) >= 11 is 0. The molecule has 0 unspecified atom stereocenters. The largest absolute Gasteiger partial charge is 0.357 e. The summed E-state index contributed by atoms with van der Waals surface area (Å²) in [5.41, 5.74) is 4.58. The van der Waals surface area contributed by atoms with Gasteiger partial charge in [-0.15, -0.1) is 0 Å². The van der Waals surface area contributed by atoms with Gasteiger partial charge < -0.3 is 10.2 Å². The Hall–Kier alpha value is -2.87. The molecule has 0 bridgehead atoms. The van der Waals surface area contributed by atoms with E-state index in [2.05, 4.69) is 5.32 Å². The lowest BCUT2D eigenvalue weighted by Gasteiger charge is -2.31. The molecule has 0 heterocycles. The topological polar surface area (TPSA) is 86.8 Å². The number of likely N-dealkylation sites (N-methyl/N-ethyl adjacent to an activating group) is 1. The molecular weight excluding hydrogens is 450 g/mol. The van der Waals surface area contributed by atoms with Crippen LogP contribution in [0.3, 0.4) is 0 Å². The maximum atomic E-state index is 13.3. The summed E-state index contributed by atoms with van der Waals surface area (Å²) in [6.07, 6.45) is 2.14. The van der Waals surface area contributed by atoms with Crippen molar-refractivity contribution in [1.29, 1.82) is 0 Å². The Bertz CT molecular complexity index is 1100. The van der Waals surface area contributed by atoms with Crippen molar-refractivity contribution in [3.63, 3.8) is 0 Å². The Morgan fingerprint density at radius 2 is 1.68 bits per heavy atom. The van der Waals surface area contributed by atoms with Gasteiger partial charge >= 0.3 is 0 Å². The number of carbonyl (C=O) groups is 2. The minimum Gasteiger partial charge on any atom is -0.357 e. The molecule has 2 rings (SSSR count). The molecule has 8 heteroatoms. The summed E-state index contributed by atoms with van der Waals surface area (Å²) in [7, 11) is -1.96. The predicted octanol–water partition coefficient (Wildman–Crippen LogP) is 3.71. The highest BCUT2D eigenvalue weighted by Crippen LogP contribution is 2.25. The highest BCUT2D eigenvalue weighted by molar-refractivity contribution is 7.92. The first-order valence-electron chi connectivity index (χ1n) is 11.6. The zero-order chi connectivity index (χ0) is 25.5. The molecule has 7 nitrogen and oxygen atoms in total. The second kappa shape index (κ2) is 12.0. The first-order chi connectivity index (χ1) is 16.0. The van der Waals surface area contributed by atoms with Crippen LogP contribution in [0.5, 0.6) is 0 Å². The molecule has 0 saturated heterocycles. The lowest BCUT2D eigenvalue weighted by molar-refractivity contribution is -0.141. The SMILES string of the molecule is CC[C@@H](C(=O)NC)N(Cc1ccc(C)cc1)C(=O)CCCN(c1cccc(C)c1C)S(C)(=O)=O. The van der Waals surface area contributed by atoms with Crippen LogP contribution >= 0.6 is 0 Å². The first-order valence-corrected chi connectivity index (χ1v) is 13.4. The normalized spacial score (nSPS) is 12.2. The van der Waals surface area contributed by atoms with Crippen molar-refractivity contribution < 1.29 is 18.0 Å². The van der Waals surface area contributed by atoms with Crippen molar-refractivity contribution in [1.82, 2.24) is 10.2 Å². The highest BCUT2D eigenvalue weighted by Gasteiger charge is 2.28. The summed E-state index contributed by atoms with van der Waals surface area (Å²) in [4.78, 5) is 27.4. The van der Waals surface area contributed by atoms with E-state index >= 15 is 0 Å². The quantitative estimate of drug-likeness (QED) is 0.523. The number of carbonyl (C=O) groups excluding carboxylic acids is 2. The number of rotatable bonds is 11. The van der Waals surface area contributed by atoms with E-state index in [1.165, 1.54) is 10.6 Å². The number of nitrogens with one attached hydrogen (secondary N) is 1. The Morgan fingerprint density at radius 3 is 2.24 bits per heavy atom. The Labute approximate surface area is 204 Å². The molecule has 186 valence electrons. The molecule has 0 radical (unpaired) electrons. The van der Waals surface area contributed by atoms with E-state index in [4.69, 9.17) is 0 Å². The standard InChI is InChI=1S/C26H37N3O4S/c1-7-23(26(31)27-5)28(18-22-15-13-19(2)14-16-22)25(30)12-9-17-29(34(6,32)33)24-11-8-10-20(3)21(24)4/h8,10-11,13-16,23H,7,9,12,17-18H2,1-6H3,(H,27,31)/t23-/m0/s1. The molecule has 0 spiro atoms. The van der Waals surface area contributed by atoms with Crippen molar-refractivity contribution in [3.05, 3.63) is 64.7 Å². The van der Waals surface area contributed by atoms with Crippen LogP contribution in [-0.2, 0) is 26.2 Å². The second-order valence-corrected chi connectivity index (χ2v) is 10.6. The van der Waals surface area contributed by atoms with Crippen molar-refractivity contribution in [2.24, 2.45) is 0 Å². The number of hydrogen-bond donors (Lipinski definition) is 1. The molecule has 0 aromatic heterocycles. The smallest absolute Gasteiger partial charge is 0.242 e. The number of nitrogens with zero attached hydrogens (tertiary/aromatic N) is 2. The number of aryl methyl sites for hydroxylation is 2. The van der Waals surface area contributed by atoms with Gasteiger partial charge in [0, 0.05) is 26.6 Å². The third kappa shape index (κ3) is 7.06. The fraction of sp³-hybridized carbons (Fsp3) is 0.462. The van der Waals surface area contributed by atoms with E-state index < -0.39 is 16.1 Å². The van der Waals surface area contributed by atoms with E-state index in [0.29, 0.717) is 25.1 Å². The monoisotopic (exact) mass is 487 g/mol. The van der Waals surface area contributed by atoms with E-state index in [1.54, 1.807) is 18.0 Å². The van der Waals surface area contributed by atoms with Crippen molar-refractivity contribution in [2.45, 2.75) is 59.5 Å². The fourth-order valence-electron chi connectivity index (χ4n) is 3.96. The van der Waals surface area contributed by atoms with Gasteiger partial charge in [-0.25, -0.2) is 8.42 Å². The van der Waals surface area contributed by atoms with Crippen molar-refractivity contribution in [3.8, 4) is 0 Å². The van der Waals surface area contributed by atoms with Gasteiger partial charge in [-0.3, -0.25) is 13.9 Å². The molecule has 0 saturated carbocycles. The average Bonchev–Trinajstić information content (AvgIpc) is 2.79. The van der Waals surface area contributed by atoms with Crippen LogP contribution < -0.4 is 9.62 Å². The molecule has 2 amide bonds. The molecule has 0 aliphatic carbocycles. The minimum absolute atomic E-state index is 0.135. The number of anilines is 1. The molecule has 34 heavy (non-hydrogen) atoms. The Kier molecular flexibility index (Phi) is 9.67. The number of hydrogen-bond acceptors (Lipinski definition) is 4. The summed E-state index contributed by atoms with van der Waals surface area (Å²) in [5.74, 6) is -0.387. The predicted molar refractivity (Wildman–Crippen MR) is 137 cm³/mol. The van der Waals surface area contributed by atoms with Crippen LogP contribution in [0.2, 0.25) is 0 Å². The van der Waals surface area contributed by atoms with Gasteiger partial charge in [0.15, 0.2) is 0 Å². The molecule has 2 aromatic rings. The van der Waals surface area contributed by atoms with Crippen LogP contribution in [0.25, 0.3) is 0 Å². The van der Waals surface area contributed by atoms with Gasteiger partial charge in [0.1, 0.15) is 6.04 Å². The second-order valence-electron chi connectivity index (χ2n) is 8.70. The zero-order valence-electron chi connectivity index (χ0n) is 21.1. The van der Waals surface area contributed by atoms with Gasteiger partial charge in [0.05, 0.1) is 11.9 Å². The van der Waals surface area contributed by atoms with Crippen LogP contribution in [0.4, 0.5) is 5.69 Å². The summed E-state index contributed by atoms with van der Waals surface area (Å²) in [5, 5.41) is 2.65. The van der Waals surface area contributed by atoms with E-state index in [1.807, 2.05) is 64.1 Å². The fourth-order valence-corrected chi connectivity index (χ4v) is 4.98. The first kappa shape index (κ1) is 27.4. The summed E-state index contributed by atoms with van der Waals surface area (Å²) in [6.45, 7) is 8.21. The zero-order valence-corrected chi connectivity index (χ0v) is 21.9. The number of amides is 2. The number of sulfonamides is 1. The maximum Gasteiger partial charge on any atom is 0.242 e. The van der Waals surface area contributed by atoms with Gasteiger partial charge in [0.25, 0.3) is 0 Å². The molecule has 0 fully saturated rings. The third-order valence-corrected chi connectivity index (χ3v) is 7.28. The minimum atomic E-state index is -3.52. The van der Waals surface area contributed by atoms with Crippen LogP contribution in [-0.4, -0.2) is 51.0 Å². The Morgan fingerprint density at radius 1 is 1.03 bits per heavy atom. The molecule has 0 aliphatic heterocycles. The third-order valence-electron chi connectivity index (χ3n) is 6.10. The lowest BCUT2D eigenvalue weighted by atomic mass is 10.1. The van der Waals surface area contributed by atoms with E-state index in [9.17, 15) is 18.0 Å². The highest BCUT2D eigenvalue weighted by atomic mass is 32.2. The molecule has 1 N–H and O–H groups in total. The van der Waals surface area contributed by atoms with Gasteiger partial charge in [-0.1, -0.05) is 48.9 Å². The van der Waals surface area contributed by atoms with Crippen molar-refractivity contribution >= 4 is 27.5 Å². The van der Waals surface area contributed by atoms with Crippen LogP contribution in [0.1, 0.15) is 48.4 Å². The van der Waals surface area contributed by atoms with Crippen LogP contribution in [0.15, 0.2) is 42.5 Å². The van der Waals surface area contributed by atoms with Gasteiger partial charge in [0.2, 0.25) is 21.8 Å².